The van der Waals surface area contributed by atoms with Crippen LogP contribution < -0.4 is 10.6 Å². The lowest BCUT2D eigenvalue weighted by atomic mass is 9.99. The molecule has 3 aromatic rings. The van der Waals surface area contributed by atoms with Gasteiger partial charge in [0.05, 0.1) is 12.2 Å². The van der Waals surface area contributed by atoms with Gasteiger partial charge in [-0.1, -0.05) is 85.4 Å². The van der Waals surface area contributed by atoms with Crippen LogP contribution in [-0.2, 0) is 19.4 Å². The molecule has 39 heavy (non-hydrogen) atoms. The monoisotopic (exact) mass is 542 g/mol. The minimum Gasteiger partial charge on any atom is -0.399 e. The Morgan fingerprint density at radius 2 is 1.62 bits per heavy atom. The Hall–Kier alpha value is -3.28. The predicted molar refractivity (Wildman–Crippen MR) is 179 cm³/mol. The second-order valence-corrected chi connectivity index (χ2v) is 13.2. The number of benzene rings is 3. The number of allylic oxidation sites excluding steroid dienone is 1. The molecule has 0 aliphatic heterocycles. The lowest BCUT2D eigenvalue weighted by molar-refractivity contribution is 0.535. The zero-order chi connectivity index (χ0) is 28.3. The van der Waals surface area contributed by atoms with E-state index < -0.39 is 9.39 Å². The molecule has 0 aromatic heterocycles. The van der Waals surface area contributed by atoms with Gasteiger partial charge in [0, 0.05) is 36.4 Å². The van der Waals surface area contributed by atoms with Crippen molar-refractivity contribution in [3.63, 3.8) is 0 Å². The normalized spacial score (nSPS) is 13.2. The number of nitrogens with zero attached hydrogens (tertiary/aromatic N) is 3. The molecule has 0 aliphatic carbocycles. The van der Waals surface area contributed by atoms with Crippen LogP contribution in [0.5, 0.6) is 0 Å². The van der Waals surface area contributed by atoms with Crippen molar-refractivity contribution >= 4 is 38.7 Å². The van der Waals surface area contributed by atoms with Gasteiger partial charge in [-0.3, -0.25) is 9.30 Å². The summed E-state index contributed by atoms with van der Waals surface area (Å²) in [5.41, 5.74) is 13.2. The van der Waals surface area contributed by atoms with Gasteiger partial charge < -0.3 is 10.6 Å². The van der Waals surface area contributed by atoms with E-state index in [0.29, 0.717) is 5.92 Å². The first-order chi connectivity index (χ1) is 18.7. The fourth-order valence-corrected chi connectivity index (χ4v) is 6.77. The van der Waals surface area contributed by atoms with E-state index in [1.807, 2.05) is 19.2 Å². The molecule has 1 atom stereocenters. The van der Waals surface area contributed by atoms with Crippen molar-refractivity contribution in [2.24, 2.45) is 10.9 Å². The van der Waals surface area contributed by atoms with E-state index in [9.17, 15) is 0 Å². The quantitative estimate of drug-likeness (QED) is 0.133. The molecule has 0 aliphatic rings. The van der Waals surface area contributed by atoms with Gasteiger partial charge in [-0.15, -0.1) is 0 Å². The highest BCUT2D eigenvalue weighted by Crippen LogP contribution is 2.33. The molecule has 0 bridgehead atoms. The van der Waals surface area contributed by atoms with Crippen molar-refractivity contribution in [3.8, 4) is 0 Å². The molecule has 208 valence electrons. The van der Waals surface area contributed by atoms with Crippen molar-refractivity contribution in [3.05, 3.63) is 107 Å². The molecule has 4 nitrogen and oxygen atoms in total. The summed E-state index contributed by atoms with van der Waals surface area (Å²) in [4.78, 5) is 7.15. The van der Waals surface area contributed by atoms with Gasteiger partial charge in [0.15, 0.2) is 0 Å². The Balaban J connectivity index is 1.96. The van der Waals surface area contributed by atoms with E-state index in [1.165, 1.54) is 22.4 Å². The minimum absolute atomic E-state index is 0.349. The van der Waals surface area contributed by atoms with E-state index in [-0.39, 0.29) is 0 Å². The number of nitrogens with two attached hydrogens (primary N) is 1. The number of aryl methyl sites for hydroxylation is 1. The average Bonchev–Trinajstić information content (AvgIpc) is 2.93. The summed E-state index contributed by atoms with van der Waals surface area (Å²) in [5, 5.41) is 0. The summed E-state index contributed by atoms with van der Waals surface area (Å²) in [7, 11) is 0.640. The molecule has 3 aromatic carbocycles. The summed E-state index contributed by atoms with van der Waals surface area (Å²) >= 11 is 0. The number of aliphatic imine (C=N–C) groups is 1. The van der Waals surface area contributed by atoms with Gasteiger partial charge in [0.1, 0.15) is 0 Å². The largest absolute Gasteiger partial charge is 0.399 e. The lowest BCUT2D eigenvalue weighted by Gasteiger charge is -2.35. The first kappa shape index (κ1) is 30.3. The average molecular weight is 543 g/mol. The number of nitrogen functional groups attached to an aromatic ring is 1. The Morgan fingerprint density at radius 3 is 2.21 bits per heavy atom. The van der Waals surface area contributed by atoms with Crippen LogP contribution in [0.25, 0.3) is 0 Å². The molecule has 0 saturated heterocycles. The zero-order valence-corrected chi connectivity index (χ0v) is 25.0. The smallest absolute Gasteiger partial charge is 0.0598 e. The van der Waals surface area contributed by atoms with Gasteiger partial charge >= 0.3 is 0 Å². The predicted octanol–water partition coefficient (Wildman–Crippen LogP) is 7.21. The molecule has 0 radical (unpaired) electrons. The highest BCUT2D eigenvalue weighted by Gasteiger charge is 2.22. The van der Waals surface area contributed by atoms with Crippen molar-refractivity contribution in [2.75, 3.05) is 36.5 Å². The van der Waals surface area contributed by atoms with Gasteiger partial charge in [-0.2, -0.15) is 9.39 Å². The first-order valence-electron chi connectivity index (χ1n) is 13.8. The Kier molecular flexibility index (Phi) is 11.5. The Bertz CT molecular complexity index is 1330. The summed E-state index contributed by atoms with van der Waals surface area (Å²) in [6.07, 6.45) is 5.86. The minimum atomic E-state index is -1.53. The van der Waals surface area contributed by atoms with Crippen LogP contribution in [0.15, 0.2) is 95.6 Å². The fourth-order valence-electron chi connectivity index (χ4n) is 4.99. The topological polar surface area (TPSA) is 44.9 Å². The molecule has 0 spiro atoms. The van der Waals surface area contributed by atoms with Crippen LogP contribution in [0.3, 0.4) is 0 Å². The molecule has 5 heteroatoms. The van der Waals surface area contributed by atoms with E-state index in [1.54, 1.807) is 0 Å². The third-order valence-corrected chi connectivity index (χ3v) is 9.65. The second kappa shape index (κ2) is 14.8. The van der Waals surface area contributed by atoms with Crippen molar-refractivity contribution in [1.82, 2.24) is 4.31 Å². The van der Waals surface area contributed by atoms with Gasteiger partial charge in [0.2, 0.25) is 0 Å². The lowest BCUT2D eigenvalue weighted by Crippen LogP contribution is -2.35. The number of hydrogen-bond donors (Lipinski definition) is 1. The molecule has 0 fully saturated rings. The standard InChI is InChI=1S/C34H46N4S/c1-7-31-23-32(35)20-21-34(31)38(26-33(8-2)36-9-3)25-30(22-28-16-12-10-13-17-28)27-39(5,6)37(4)24-29-18-14-11-15-19-29/h8-21,23,30H,5-7,22,24-27,35H2,1-4H3/b33-8-,36-9?/t30-/m1/s1. The zero-order valence-electron chi connectivity index (χ0n) is 24.2. The van der Waals surface area contributed by atoms with Gasteiger partial charge in [-0.25, -0.2) is 0 Å². The Labute approximate surface area is 237 Å². The summed E-state index contributed by atoms with van der Waals surface area (Å²) in [6.45, 7) is 8.68. The Morgan fingerprint density at radius 1 is 0.974 bits per heavy atom. The van der Waals surface area contributed by atoms with Crippen molar-refractivity contribution < 1.29 is 0 Å². The number of anilines is 2. The SMILES string of the molecule is C=S(=C)(C[C@H](Cc1ccccc1)CN(C/C(=C/C)N=CC)c1ccc(N)cc1CC)N(C)Cc1ccccc1. The molecule has 2 N–H and O–H groups in total. The van der Waals surface area contributed by atoms with Crippen molar-refractivity contribution in [1.29, 1.82) is 0 Å². The number of hydrogen-bond acceptors (Lipinski definition) is 4. The summed E-state index contributed by atoms with van der Waals surface area (Å²) < 4.78 is 2.37. The maximum atomic E-state index is 6.19. The molecule has 0 unspecified atom stereocenters. The van der Waals surface area contributed by atoms with Gasteiger partial charge in [0.25, 0.3) is 0 Å². The molecular formula is C34H46N4S. The highest BCUT2D eigenvalue weighted by atomic mass is 32.2. The molecule has 0 heterocycles. The fraction of sp³-hybridized carbons (Fsp3) is 0.324. The van der Waals surface area contributed by atoms with Crippen LogP contribution in [0, 0.1) is 5.92 Å². The number of rotatable bonds is 14. The van der Waals surface area contributed by atoms with Crippen molar-refractivity contribution in [2.45, 2.75) is 40.2 Å². The second-order valence-electron chi connectivity index (χ2n) is 10.3. The van der Waals surface area contributed by atoms with Crippen LogP contribution in [0.1, 0.15) is 37.5 Å². The molecule has 0 amide bonds. The third-order valence-electron chi connectivity index (χ3n) is 7.11. The van der Waals surface area contributed by atoms with E-state index >= 15 is 0 Å². The molecule has 0 saturated carbocycles. The van der Waals surface area contributed by atoms with Crippen LogP contribution in [0.4, 0.5) is 11.4 Å². The molecular weight excluding hydrogens is 496 g/mol. The third kappa shape index (κ3) is 9.15. The highest BCUT2D eigenvalue weighted by molar-refractivity contribution is 8.25. The first-order valence-corrected chi connectivity index (χ1v) is 15.9. The molecule has 3 rings (SSSR count). The van der Waals surface area contributed by atoms with Crippen LogP contribution in [-0.4, -0.2) is 48.2 Å². The van der Waals surface area contributed by atoms with Crippen LogP contribution in [0.2, 0.25) is 0 Å². The van der Waals surface area contributed by atoms with E-state index in [0.717, 1.165) is 49.6 Å². The van der Waals surface area contributed by atoms with E-state index in [2.05, 4.69) is 114 Å². The van der Waals surface area contributed by atoms with Crippen LogP contribution >= 0.6 is 9.39 Å². The van der Waals surface area contributed by atoms with E-state index in [4.69, 9.17) is 17.5 Å². The maximum absolute atomic E-state index is 6.19. The summed E-state index contributed by atoms with van der Waals surface area (Å²) in [6, 6.07) is 27.7. The van der Waals surface area contributed by atoms with Gasteiger partial charge in [-0.05, 0) is 74.5 Å². The summed E-state index contributed by atoms with van der Waals surface area (Å²) in [5.74, 6) is 10.7. The maximum Gasteiger partial charge on any atom is 0.0598 e.